The number of ether oxygens (including phenoxy) is 1. The molecule has 152 valence electrons. The number of aliphatic imine (C=N–C) groups is 1. The van der Waals surface area contributed by atoms with Gasteiger partial charge in [-0.2, -0.15) is 0 Å². The van der Waals surface area contributed by atoms with Gasteiger partial charge < -0.3 is 9.84 Å². The third kappa shape index (κ3) is 5.53. The first-order valence-corrected chi connectivity index (χ1v) is 12.0. The van der Waals surface area contributed by atoms with Gasteiger partial charge in [0.05, 0.1) is 21.7 Å². The van der Waals surface area contributed by atoms with Crippen molar-refractivity contribution >= 4 is 70.3 Å². The molecular weight excluding hydrogens is 548 g/mol. The van der Waals surface area contributed by atoms with E-state index in [4.69, 9.17) is 4.74 Å². The van der Waals surface area contributed by atoms with Crippen LogP contribution < -0.4 is 9.46 Å². The van der Waals surface area contributed by atoms with Crippen LogP contribution in [0.3, 0.4) is 0 Å². The Morgan fingerprint density at radius 1 is 1.24 bits per heavy atom. The van der Waals surface area contributed by atoms with Crippen LogP contribution in [0.25, 0.3) is 0 Å². The van der Waals surface area contributed by atoms with Crippen LogP contribution in [0, 0.1) is 0 Å². The van der Waals surface area contributed by atoms with Gasteiger partial charge in [0, 0.05) is 16.3 Å². The molecule has 0 aliphatic heterocycles. The molecule has 3 rings (SSSR count). The second-order valence-corrected chi connectivity index (χ2v) is 9.88. The molecular formula is C17H14Br2N4O4S2. The monoisotopic (exact) mass is 560 g/mol. The predicted molar refractivity (Wildman–Crippen MR) is 119 cm³/mol. The summed E-state index contributed by atoms with van der Waals surface area (Å²) in [5, 5.41) is 18.0. The maximum absolute atomic E-state index is 12.5. The van der Waals surface area contributed by atoms with E-state index < -0.39 is 10.0 Å². The number of halogens is 2. The predicted octanol–water partition coefficient (Wildman–Crippen LogP) is 4.72. The minimum Gasteiger partial charge on any atom is -0.506 e. The molecule has 3 aromatic rings. The van der Waals surface area contributed by atoms with Gasteiger partial charge in [-0.05, 0) is 70.6 Å². The minimum atomic E-state index is -3.82. The van der Waals surface area contributed by atoms with Gasteiger partial charge in [-0.15, -0.1) is 5.10 Å². The van der Waals surface area contributed by atoms with Gasteiger partial charge in [0.15, 0.2) is 0 Å². The number of anilines is 1. The Morgan fingerprint density at radius 2 is 1.97 bits per heavy atom. The van der Waals surface area contributed by atoms with E-state index in [0.29, 0.717) is 22.3 Å². The molecule has 2 aromatic carbocycles. The minimum absolute atomic E-state index is 0.0534. The number of phenols is 1. The Balaban J connectivity index is 1.75. The van der Waals surface area contributed by atoms with E-state index in [9.17, 15) is 13.5 Å². The number of nitrogens with one attached hydrogen (secondary N) is 1. The first-order chi connectivity index (χ1) is 13.8. The molecule has 1 heterocycles. The van der Waals surface area contributed by atoms with Crippen LogP contribution in [-0.4, -0.2) is 36.5 Å². The Bertz CT molecular complexity index is 1150. The molecule has 0 saturated heterocycles. The molecule has 0 bridgehead atoms. The SMILES string of the molecule is CCOc1nnc(NS(=O)(=O)c2ccc(/N=C/c3cc(Br)cc(Br)c3O)cc2)s1. The fourth-order valence-electron chi connectivity index (χ4n) is 2.15. The fraction of sp³-hybridized carbons (Fsp3) is 0.118. The van der Waals surface area contributed by atoms with Crippen molar-refractivity contribution in [2.45, 2.75) is 11.8 Å². The smallest absolute Gasteiger partial charge is 0.295 e. The first-order valence-electron chi connectivity index (χ1n) is 8.10. The summed E-state index contributed by atoms with van der Waals surface area (Å²) in [6.07, 6.45) is 1.49. The Morgan fingerprint density at radius 3 is 2.66 bits per heavy atom. The quantitative estimate of drug-likeness (QED) is 0.403. The van der Waals surface area contributed by atoms with Gasteiger partial charge >= 0.3 is 0 Å². The van der Waals surface area contributed by atoms with E-state index in [1.165, 1.54) is 18.3 Å². The molecule has 0 aliphatic rings. The highest BCUT2D eigenvalue weighted by Gasteiger charge is 2.17. The molecule has 12 heteroatoms. The number of benzene rings is 2. The third-order valence-electron chi connectivity index (χ3n) is 3.45. The van der Waals surface area contributed by atoms with Crippen LogP contribution in [0.1, 0.15) is 12.5 Å². The Hall–Kier alpha value is -2.02. The highest BCUT2D eigenvalue weighted by molar-refractivity contribution is 9.11. The summed E-state index contributed by atoms with van der Waals surface area (Å²) in [4.78, 5) is 4.33. The molecule has 0 spiro atoms. The van der Waals surface area contributed by atoms with Crippen LogP contribution in [0.2, 0.25) is 0 Å². The van der Waals surface area contributed by atoms with E-state index in [0.717, 1.165) is 15.8 Å². The molecule has 0 amide bonds. The zero-order valence-corrected chi connectivity index (χ0v) is 19.6. The van der Waals surface area contributed by atoms with Gasteiger partial charge in [0.1, 0.15) is 5.75 Å². The Kier molecular flexibility index (Phi) is 6.88. The molecule has 0 radical (unpaired) electrons. The molecule has 0 fully saturated rings. The lowest BCUT2D eigenvalue weighted by molar-refractivity contribution is 0.335. The average Bonchev–Trinajstić information content (AvgIpc) is 3.10. The second kappa shape index (κ2) is 9.20. The van der Waals surface area contributed by atoms with E-state index in [1.54, 1.807) is 31.2 Å². The second-order valence-electron chi connectivity index (χ2n) is 5.49. The molecule has 0 saturated carbocycles. The van der Waals surface area contributed by atoms with Crippen molar-refractivity contribution in [1.82, 2.24) is 10.2 Å². The molecule has 0 atom stereocenters. The largest absolute Gasteiger partial charge is 0.506 e. The lowest BCUT2D eigenvalue weighted by Gasteiger charge is -2.05. The number of sulfonamides is 1. The summed E-state index contributed by atoms with van der Waals surface area (Å²) < 4.78 is 33.8. The summed E-state index contributed by atoms with van der Waals surface area (Å²) in [5.74, 6) is 0.0591. The van der Waals surface area contributed by atoms with Crippen molar-refractivity contribution in [2.75, 3.05) is 11.3 Å². The van der Waals surface area contributed by atoms with Gasteiger partial charge in [-0.1, -0.05) is 21.0 Å². The standard InChI is InChI=1S/C17H14Br2N4O4S2/c1-2-27-17-22-21-16(28-17)23-29(25,26)13-5-3-12(4-6-13)20-9-10-7-11(18)8-14(19)15(10)24/h3-9,24H,2H2,1H3,(H,21,23)/b20-9+. The van der Waals surface area contributed by atoms with Crippen molar-refractivity contribution in [3.05, 3.63) is 50.9 Å². The lowest BCUT2D eigenvalue weighted by atomic mass is 10.2. The number of phenolic OH excluding ortho intramolecular Hbond substituents is 1. The normalized spacial score (nSPS) is 11.7. The van der Waals surface area contributed by atoms with Crippen LogP contribution in [0.4, 0.5) is 10.8 Å². The van der Waals surface area contributed by atoms with Crippen LogP contribution >= 0.6 is 43.2 Å². The van der Waals surface area contributed by atoms with Crippen molar-refractivity contribution in [3.8, 4) is 10.9 Å². The van der Waals surface area contributed by atoms with Crippen molar-refractivity contribution in [1.29, 1.82) is 0 Å². The van der Waals surface area contributed by atoms with Gasteiger partial charge in [0.25, 0.3) is 15.2 Å². The van der Waals surface area contributed by atoms with Crippen LogP contribution in [-0.2, 0) is 10.0 Å². The van der Waals surface area contributed by atoms with Crippen molar-refractivity contribution in [2.24, 2.45) is 4.99 Å². The molecule has 0 unspecified atom stereocenters. The molecule has 2 N–H and O–H groups in total. The number of hydrogen-bond donors (Lipinski definition) is 2. The molecule has 29 heavy (non-hydrogen) atoms. The van der Waals surface area contributed by atoms with E-state index >= 15 is 0 Å². The topological polar surface area (TPSA) is 114 Å². The highest BCUT2D eigenvalue weighted by Crippen LogP contribution is 2.31. The first kappa shape index (κ1) is 21.7. The van der Waals surface area contributed by atoms with E-state index in [-0.39, 0.29) is 21.0 Å². The summed E-state index contributed by atoms with van der Waals surface area (Å²) in [6, 6.07) is 9.40. The average molecular weight is 562 g/mol. The zero-order chi connectivity index (χ0) is 21.0. The number of nitrogens with zero attached hydrogens (tertiary/aromatic N) is 3. The maximum atomic E-state index is 12.5. The molecule has 8 nitrogen and oxygen atoms in total. The number of aromatic hydroxyl groups is 1. The maximum Gasteiger partial charge on any atom is 0.295 e. The summed E-state index contributed by atoms with van der Waals surface area (Å²) in [6.45, 7) is 2.21. The van der Waals surface area contributed by atoms with Gasteiger partial charge in [-0.3, -0.25) is 9.71 Å². The van der Waals surface area contributed by atoms with Crippen LogP contribution in [0.15, 0.2) is 55.2 Å². The van der Waals surface area contributed by atoms with Gasteiger partial charge in [0.2, 0.25) is 5.13 Å². The van der Waals surface area contributed by atoms with Gasteiger partial charge in [-0.25, -0.2) is 8.42 Å². The summed E-state index contributed by atoms with van der Waals surface area (Å²) >= 11 is 7.61. The Labute approximate surface area is 188 Å². The van der Waals surface area contributed by atoms with Crippen molar-refractivity contribution in [3.63, 3.8) is 0 Å². The highest BCUT2D eigenvalue weighted by atomic mass is 79.9. The molecule has 0 aliphatic carbocycles. The van der Waals surface area contributed by atoms with Crippen molar-refractivity contribution < 1.29 is 18.3 Å². The number of aromatic nitrogens is 2. The van der Waals surface area contributed by atoms with E-state index in [2.05, 4.69) is 51.8 Å². The third-order valence-corrected chi connectivity index (χ3v) is 6.75. The lowest BCUT2D eigenvalue weighted by Crippen LogP contribution is -2.12. The number of rotatable bonds is 7. The van der Waals surface area contributed by atoms with Crippen LogP contribution in [0.5, 0.6) is 10.9 Å². The van der Waals surface area contributed by atoms with E-state index in [1.807, 2.05) is 0 Å². The number of hydrogen-bond acceptors (Lipinski definition) is 8. The fourth-order valence-corrected chi connectivity index (χ4v) is 5.29. The summed E-state index contributed by atoms with van der Waals surface area (Å²) in [5.41, 5.74) is 1.03. The molecule has 1 aromatic heterocycles. The summed E-state index contributed by atoms with van der Waals surface area (Å²) in [7, 11) is -3.82. The zero-order valence-electron chi connectivity index (χ0n) is 14.8.